The van der Waals surface area contributed by atoms with Gasteiger partial charge >= 0.3 is 0 Å². The van der Waals surface area contributed by atoms with Gasteiger partial charge in [0.25, 0.3) is 0 Å². The van der Waals surface area contributed by atoms with Crippen molar-refractivity contribution in [1.29, 1.82) is 0 Å². The molecule has 0 saturated heterocycles. The second-order valence-corrected chi connectivity index (χ2v) is 2.64. The van der Waals surface area contributed by atoms with Gasteiger partial charge in [0.1, 0.15) is 5.84 Å². The van der Waals surface area contributed by atoms with Crippen molar-refractivity contribution in [1.82, 2.24) is 0 Å². The molecule has 1 heterocycles. The molecule has 0 spiro atoms. The van der Waals surface area contributed by atoms with E-state index in [9.17, 15) is 0 Å². The zero-order chi connectivity index (χ0) is 7.40. The molecule has 0 aromatic carbocycles. The largest absolute Gasteiger partial charge is 0.384 e. The molecule has 0 amide bonds. The number of aliphatic imine (C=N–C) groups is 1. The van der Waals surface area contributed by atoms with Crippen molar-refractivity contribution in [2.24, 2.45) is 10.7 Å². The first-order valence-corrected chi connectivity index (χ1v) is 4.19. The smallest absolute Gasteiger partial charge is 0.122 e. The summed E-state index contributed by atoms with van der Waals surface area (Å²) in [5, 5.41) is 0.869. The molecule has 0 atom stereocenters. The van der Waals surface area contributed by atoms with Crippen LogP contribution in [0, 0.1) is 0 Å². The summed E-state index contributed by atoms with van der Waals surface area (Å²) in [6.45, 7) is 0. The van der Waals surface area contributed by atoms with Crippen LogP contribution in [0.15, 0.2) is 28.9 Å². The third kappa shape index (κ3) is 1.99. The molecule has 0 unspecified atom stereocenters. The predicted octanol–water partition coefficient (Wildman–Crippen LogP) is 1.58. The van der Waals surface area contributed by atoms with E-state index in [1.165, 1.54) is 5.57 Å². The van der Waals surface area contributed by atoms with Gasteiger partial charge in [-0.25, -0.2) is 4.99 Å². The highest BCUT2D eigenvalue weighted by Gasteiger charge is 1.94. The molecular weight excluding hydrogens is 192 g/mol. The Morgan fingerprint density at radius 3 is 3.20 bits per heavy atom. The Morgan fingerprint density at radius 2 is 2.50 bits per heavy atom. The molecule has 54 valence electrons. The molecule has 0 aromatic heterocycles. The highest BCUT2D eigenvalue weighted by Crippen LogP contribution is 2.08. The van der Waals surface area contributed by atoms with Gasteiger partial charge in [0, 0.05) is 11.5 Å². The molecular formula is C7H9BrN2. The Bertz CT molecular complexity index is 204. The second-order valence-electron chi connectivity index (χ2n) is 2.08. The zero-order valence-corrected chi connectivity index (χ0v) is 7.13. The van der Waals surface area contributed by atoms with Crippen molar-refractivity contribution in [3.63, 3.8) is 0 Å². The quantitative estimate of drug-likeness (QED) is 0.642. The van der Waals surface area contributed by atoms with E-state index in [2.05, 4.69) is 20.9 Å². The summed E-state index contributed by atoms with van der Waals surface area (Å²) in [6, 6.07) is 0. The average molecular weight is 201 g/mol. The maximum Gasteiger partial charge on any atom is 0.122 e. The van der Waals surface area contributed by atoms with Crippen LogP contribution in [0.2, 0.25) is 0 Å². The van der Waals surface area contributed by atoms with E-state index in [1.54, 1.807) is 0 Å². The average Bonchev–Trinajstić information content (AvgIpc) is 2.14. The molecule has 0 bridgehead atoms. The van der Waals surface area contributed by atoms with Gasteiger partial charge in [-0.2, -0.15) is 0 Å². The first-order chi connectivity index (χ1) is 4.83. The van der Waals surface area contributed by atoms with Crippen LogP contribution < -0.4 is 5.73 Å². The fourth-order valence-electron chi connectivity index (χ4n) is 0.682. The van der Waals surface area contributed by atoms with E-state index in [0.29, 0.717) is 5.84 Å². The molecule has 2 nitrogen and oxygen atoms in total. The van der Waals surface area contributed by atoms with Crippen LogP contribution in [-0.2, 0) is 0 Å². The Labute approximate surface area is 68.6 Å². The molecule has 0 fully saturated rings. The van der Waals surface area contributed by atoms with E-state index in [0.717, 1.165) is 11.8 Å². The number of nitrogens with two attached hydrogens (primary N) is 1. The summed E-state index contributed by atoms with van der Waals surface area (Å²) in [7, 11) is 0. The summed E-state index contributed by atoms with van der Waals surface area (Å²) in [4.78, 5) is 3.99. The first kappa shape index (κ1) is 7.54. The number of hydrogen-bond donors (Lipinski definition) is 1. The lowest BCUT2D eigenvalue weighted by molar-refractivity contribution is 1.22. The topological polar surface area (TPSA) is 38.4 Å². The summed E-state index contributed by atoms with van der Waals surface area (Å²) < 4.78 is 0. The third-order valence-corrected chi connectivity index (χ3v) is 1.96. The van der Waals surface area contributed by atoms with Crippen LogP contribution in [0.1, 0.15) is 6.42 Å². The Kier molecular flexibility index (Phi) is 2.68. The summed E-state index contributed by atoms with van der Waals surface area (Å²) in [5.74, 6) is 0.580. The molecule has 0 aromatic rings. The van der Waals surface area contributed by atoms with Crippen LogP contribution in [0.4, 0.5) is 0 Å². The monoisotopic (exact) mass is 200 g/mol. The van der Waals surface area contributed by atoms with Crippen LogP contribution in [-0.4, -0.2) is 11.2 Å². The van der Waals surface area contributed by atoms with Gasteiger partial charge in [-0.1, -0.05) is 22.0 Å². The minimum absolute atomic E-state index is 0.580. The minimum Gasteiger partial charge on any atom is -0.384 e. The fourth-order valence-corrected chi connectivity index (χ4v) is 1.06. The highest BCUT2D eigenvalue weighted by molar-refractivity contribution is 9.09. The number of halogens is 1. The predicted molar refractivity (Wildman–Crippen MR) is 47.3 cm³/mol. The van der Waals surface area contributed by atoms with Crippen molar-refractivity contribution >= 4 is 21.8 Å². The zero-order valence-electron chi connectivity index (χ0n) is 5.55. The van der Waals surface area contributed by atoms with Gasteiger partial charge in [0.05, 0.1) is 0 Å². The lowest BCUT2D eigenvalue weighted by Crippen LogP contribution is -2.05. The third-order valence-electron chi connectivity index (χ3n) is 1.24. The molecule has 1 aliphatic heterocycles. The van der Waals surface area contributed by atoms with Crippen LogP contribution in [0.3, 0.4) is 0 Å². The molecule has 2 N–H and O–H groups in total. The van der Waals surface area contributed by atoms with Crippen molar-refractivity contribution in [2.45, 2.75) is 6.42 Å². The van der Waals surface area contributed by atoms with Gasteiger partial charge in [0.2, 0.25) is 0 Å². The molecule has 1 rings (SSSR count). The summed E-state index contributed by atoms with van der Waals surface area (Å²) >= 11 is 3.35. The SMILES string of the molecule is NC1=NC=C(CBr)CC=C1. The molecule has 0 radical (unpaired) electrons. The van der Waals surface area contributed by atoms with Gasteiger partial charge in [-0.05, 0) is 18.1 Å². The summed E-state index contributed by atoms with van der Waals surface area (Å²) in [6.07, 6.45) is 6.59. The van der Waals surface area contributed by atoms with Crippen molar-refractivity contribution in [3.05, 3.63) is 23.9 Å². The lowest BCUT2D eigenvalue weighted by Gasteiger charge is -1.92. The van der Waals surface area contributed by atoms with Gasteiger partial charge < -0.3 is 5.73 Å². The first-order valence-electron chi connectivity index (χ1n) is 3.06. The fraction of sp³-hybridized carbons (Fsp3) is 0.286. The number of hydrogen-bond acceptors (Lipinski definition) is 2. The van der Waals surface area contributed by atoms with E-state index in [-0.39, 0.29) is 0 Å². The number of alkyl halides is 1. The van der Waals surface area contributed by atoms with Gasteiger partial charge in [-0.15, -0.1) is 0 Å². The molecule has 10 heavy (non-hydrogen) atoms. The number of amidine groups is 1. The van der Waals surface area contributed by atoms with Crippen LogP contribution >= 0.6 is 15.9 Å². The van der Waals surface area contributed by atoms with Crippen LogP contribution in [0.25, 0.3) is 0 Å². The Morgan fingerprint density at radius 1 is 1.70 bits per heavy atom. The van der Waals surface area contributed by atoms with E-state index < -0.39 is 0 Å². The number of nitrogens with zero attached hydrogens (tertiary/aromatic N) is 1. The maximum atomic E-state index is 5.45. The standard InChI is InChI=1S/C7H9BrN2/c8-4-6-2-1-3-7(9)10-5-6/h1,3,5H,2,4H2,(H2,9,10). The van der Waals surface area contributed by atoms with Crippen molar-refractivity contribution < 1.29 is 0 Å². The van der Waals surface area contributed by atoms with Crippen LogP contribution in [0.5, 0.6) is 0 Å². The molecule has 1 aliphatic rings. The van der Waals surface area contributed by atoms with Gasteiger partial charge in [0.15, 0.2) is 0 Å². The number of allylic oxidation sites excluding steroid dienone is 2. The maximum absolute atomic E-state index is 5.45. The number of rotatable bonds is 1. The highest BCUT2D eigenvalue weighted by atomic mass is 79.9. The minimum atomic E-state index is 0.580. The van der Waals surface area contributed by atoms with Crippen molar-refractivity contribution in [3.8, 4) is 0 Å². The molecule has 0 aliphatic carbocycles. The van der Waals surface area contributed by atoms with E-state index >= 15 is 0 Å². The lowest BCUT2D eigenvalue weighted by atomic mass is 10.2. The van der Waals surface area contributed by atoms with Gasteiger partial charge in [-0.3, -0.25) is 0 Å². The van der Waals surface area contributed by atoms with E-state index in [4.69, 9.17) is 5.73 Å². The molecule has 0 saturated carbocycles. The Balaban J connectivity index is 2.74. The molecule has 3 heteroatoms. The Hall–Kier alpha value is -0.570. The summed E-state index contributed by atoms with van der Waals surface area (Å²) in [5.41, 5.74) is 6.70. The van der Waals surface area contributed by atoms with Crippen molar-refractivity contribution in [2.75, 3.05) is 5.33 Å². The normalized spacial score (nSPS) is 17.7. The second kappa shape index (κ2) is 3.56. The van der Waals surface area contributed by atoms with E-state index in [1.807, 2.05) is 18.4 Å².